The maximum atomic E-state index is 11.3. The molecule has 1 aromatic carbocycles. The van der Waals surface area contributed by atoms with Gasteiger partial charge in [0, 0.05) is 0 Å². The van der Waals surface area contributed by atoms with Gasteiger partial charge in [-0.3, -0.25) is 4.79 Å². The van der Waals surface area contributed by atoms with E-state index in [1.54, 1.807) is 24.3 Å². The van der Waals surface area contributed by atoms with Crippen LogP contribution in [-0.4, -0.2) is 37.3 Å². The topological polar surface area (TPSA) is 111 Å². The Balaban J connectivity index is 2.97. The van der Waals surface area contributed by atoms with Crippen molar-refractivity contribution in [3.8, 4) is 5.75 Å². The third-order valence-electron chi connectivity index (χ3n) is 2.23. The minimum absolute atomic E-state index is 0.102. The number of primary amides is 1. The van der Waals surface area contributed by atoms with E-state index in [1.165, 1.54) is 7.11 Å². The SMILES string of the molecule is COC(=O)/C=C(\Nc1ccccc1OCCO)C(N)=O. The third-order valence-corrected chi connectivity index (χ3v) is 2.23. The molecule has 0 aliphatic carbocycles. The fourth-order valence-electron chi connectivity index (χ4n) is 1.34. The first-order chi connectivity index (χ1) is 9.58. The molecule has 1 rings (SSSR count). The lowest BCUT2D eigenvalue weighted by atomic mass is 10.2. The number of hydrogen-bond acceptors (Lipinski definition) is 6. The highest BCUT2D eigenvalue weighted by molar-refractivity contribution is 6.01. The van der Waals surface area contributed by atoms with E-state index in [2.05, 4.69) is 10.1 Å². The van der Waals surface area contributed by atoms with Gasteiger partial charge in [-0.05, 0) is 12.1 Å². The van der Waals surface area contributed by atoms with Crippen LogP contribution in [0.15, 0.2) is 36.0 Å². The number of aliphatic hydroxyl groups excluding tert-OH is 1. The molecule has 0 fully saturated rings. The molecule has 108 valence electrons. The Morgan fingerprint density at radius 3 is 2.70 bits per heavy atom. The maximum Gasteiger partial charge on any atom is 0.332 e. The lowest BCUT2D eigenvalue weighted by Crippen LogP contribution is -2.21. The minimum Gasteiger partial charge on any atom is -0.489 e. The summed E-state index contributed by atoms with van der Waals surface area (Å²) in [6.07, 6.45) is 0.950. The molecule has 0 bridgehead atoms. The molecule has 0 unspecified atom stereocenters. The number of hydrogen-bond donors (Lipinski definition) is 3. The van der Waals surface area contributed by atoms with Crippen LogP contribution in [0.3, 0.4) is 0 Å². The van der Waals surface area contributed by atoms with Crippen molar-refractivity contribution in [3.63, 3.8) is 0 Å². The monoisotopic (exact) mass is 280 g/mol. The zero-order valence-electron chi connectivity index (χ0n) is 11.0. The number of para-hydroxylation sites is 2. The van der Waals surface area contributed by atoms with E-state index in [1.807, 2.05) is 0 Å². The summed E-state index contributed by atoms with van der Waals surface area (Å²) in [6, 6.07) is 6.73. The Bertz CT molecular complexity index is 513. The summed E-state index contributed by atoms with van der Waals surface area (Å²) in [6.45, 7) is -0.0413. The Morgan fingerprint density at radius 1 is 1.40 bits per heavy atom. The van der Waals surface area contributed by atoms with E-state index in [0.29, 0.717) is 11.4 Å². The van der Waals surface area contributed by atoms with Crippen LogP contribution in [0, 0.1) is 0 Å². The van der Waals surface area contributed by atoms with Crippen LogP contribution in [-0.2, 0) is 14.3 Å². The number of aliphatic hydroxyl groups is 1. The van der Waals surface area contributed by atoms with E-state index in [0.717, 1.165) is 6.08 Å². The fourth-order valence-corrected chi connectivity index (χ4v) is 1.34. The first kappa shape index (κ1) is 15.5. The smallest absolute Gasteiger partial charge is 0.332 e. The van der Waals surface area contributed by atoms with Gasteiger partial charge in [-0.2, -0.15) is 0 Å². The summed E-state index contributed by atoms with van der Waals surface area (Å²) >= 11 is 0. The van der Waals surface area contributed by atoms with Crippen LogP contribution in [0.25, 0.3) is 0 Å². The van der Waals surface area contributed by atoms with Crippen LogP contribution < -0.4 is 15.8 Å². The van der Waals surface area contributed by atoms with E-state index in [9.17, 15) is 9.59 Å². The zero-order chi connectivity index (χ0) is 15.0. The average molecular weight is 280 g/mol. The number of nitrogens with one attached hydrogen (secondary N) is 1. The van der Waals surface area contributed by atoms with Gasteiger partial charge >= 0.3 is 5.97 Å². The Morgan fingerprint density at radius 2 is 2.10 bits per heavy atom. The summed E-state index contributed by atoms with van der Waals surface area (Å²) in [7, 11) is 1.19. The van der Waals surface area contributed by atoms with Gasteiger partial charge in [0.1, 0.15) is 18.1 Å². The Hall–Kier alpha value is -2.54. The number of methoxy groups -OCH3 is 1. The number of nitrogens with two attached hydrogens (primary N) is 1. The molecule has 7 heteroatoms. The molecule has 4 N–H and O–H groups in total. The molecule has 0 spiro atoms. The summed E-state index contributed by atoms with van der Waals surface area (Å²) in [5.74, 6) is -1.11. The van der Waals surface area contributed by atoms with E-state index in [-0.39, 0.29) is 18.9 Å². The largest absolute Gasteiger partial charge is 0.489 e. The highest BCUT2D eigenvalue weighted by Gasteiger charge is 2.11. The van der Waals surface area contributed by atoms with Crippen LogP contribution >= 0.6 is 0 Å². The van der Waals surface area contributed by atoms with Crippen molar-refractivity contribution in [2.45, 2.75) is 0 Å². The number of benzene rings is 1. The van der Waals surface area contributed by atoms with Gasteiger partial charge in [-0.25, -0.2) is 4.79 Å². The van der Waals surface area contributed by atoms with Gasteiger partial charge in [0.25, 0.3) is 5.91 Å². The first-order valence-corrected chi connectivity index (χ1v) is 5.77. The highest BCUT2D eigenvalue weighted by Crippen LogP contribution is 2.25. The zero-order valence-corrected chi connectivity index (χ0v) is 11.0. The number of ether oxygens (including phenoxy) is 2. The molecule has 0 saturated heterocycles. The van der Waals surface area contributed by atoms with Gasteiger partial charge in [0.05, 0.1) is 25.5 Å². The molecular formula is C13H16N2O5. The number of rotatable bonds is 7. The van der Waals surface area contributed by atoms with Crippen LogP contribution in [0.1, 0.15) is 0 Å². The fraction of sp³-hybridized carbons (Fsp3) is 0.231. The average Bonchev–Trinajstić information content (AvgIpc) is 2.45. The second-order valence-electron chi connectivity index (χ2n) is 3.64. The van der Waals surface area contributed by atoms with Crippen molar-refractivity contribution < 1.29 is 24.2 Å². The number of anilines is 1. The number of amides is 1. The first-order valence-electron chi connectivity index (χ1n) is 5.77. The predicted octanol–water partition coefficient (Wildman–Crippen LogP) is 0.0118. The third kappa shape index (κ3) is 4.62. The highest BCUT2D eigenvalue weighted by atomic mass is 16.5. The molecular weight excluding hydrogens is 264 g/mol. The predicted molar refractivity (Wildman–Crippen MR) is 71.9 cm³/mol. The molecule has 1 amide bonds. The molecule has 0 aliphatic rings. The summed E-state index contributed by atoms with van der Waals surface area (Å²) in [5.41, 5.74) is 5.49. The van der Waals surface area contributed by atoms with Crippen molar-refractivity contribution >= 4 is 17.6 Å². The van der Waals surface area contributed by atoms with Crippen molar-refractivity contribution in [3.05, 3.63) is 36.0 Å². The van der Waals surface area contributed by atoms with Crippen LogP contribution in [0.2, 0.25) is 0 Å². The van der Waals surface area contributed by atoms with Crippen molar-refractivity contribution in [1.82, 2.24) is 0 Å². The standard InChI is InChI=1S/C13H16N2O5/c1-19-12(17)8-10(13(14)18)15-9-4-2-3-5-11(9)20-7-6-16/h2-5,8,15-16H,6-7H2,1H3,(H2,14,18)/b10-8-. The molecule has 1 aromatic rings. The number of carbonyl (C=O) groups is 2. The molecule has 20 heavy (non-hydrogen) atoms. The van der Waals surface area contributed by atoms with Gasteiger partial charge in [0.2, 0.25) is 0 Å². The molecule has 0 atom stereocenters. The van der Waals surface area contributed by atoms with Crippen molar-refractivity contribution in [2.24, 2.45) is 5.73 Å². The molecule has 0 aliphatic heterocycles. The lowest BCUT2D eigenvalue weighted by Gasteiger charge is -2.13. The normalized spacial score (nSPS) is 10.8. The second-order valence-corrected chi connectivity index (χ2v) is 3.64. The van der Waals surface area contributed by atoms with E-state index < -0.39 is 11.9 Å². The summed E-state index contributed by atoms with van der Waals surface area (Å²) in [5, 5.41) is 11.4. The molecule has 0 heterocycles. The number of esters is 1. The summed E-state index contributed by atoms with van der Waals surface area (Å²) < 4.78 is 9.73. The Labute approximate surface area is 116 Å². The van der Waals surface area contributed by atoms with Gasteiger partial charge in [-0.15, -0.1) is 0 Å². The minimum atomic E-state index is -0.813. The Kier molecular flexibility index (Phi) is 6.05. The van der Waals surface area contributed by atoms with E-state index in [4.69, 9.17) is 15.6 Å². The molecule has 0 saturated carbocycles. The van der Waals surface area contributed by atoms with Gasteiger partial charge < -0.3 is 25.6 Å². The van der Waals surface area contributed by atoms with E-state index >= 15 is 0 Å². The second kappa shape index (κ2) is 7.80. The lowest BCUT2D eigenvalue weighted by molar-refractivity contribution is -0.135. The summed E-state index contributed by atoms with van der Waals surface area (Å²) in [4.78, 5) is 22.4. The maximum absolute atomic E-state index is 11.3. The van der Waals surface area contributed by atoms with Gasteiger partial charge in [0.15, 0.2) is 0 Å². The molecule has 0 aromatic heterocycles. The molecule has 7 nitrogen and oxygen atoms in total. The van der Waals surface area contributed by atoms with Crippen molar-refractivity contribution in [2.75, 3.05) is 25.6 Å². The van der Waals surface area contributed by atoms with Crippen molar-refractivity contribution in [1.29, 1.82) is 0 Å². The molecule has 0 radical (unpaired) electrons. The quantitative estimate of drug-likeness (QED) is 0.479. The van der Waals surface area contributed by atoms with Gasteiger partial charge in [-0.1, -0.05) is 12.1 Å². The van der Waals surface area contributed by atoms with Crippen LogP contribution in [0.4, 0.5) is 5.69 Å². The number of carbonyl (C=O) groups excluding carboxylic acids is 2. The van der Waals surface area contributed by atoms with Crippen LogP contribution in [0.5, 0.6) is 5.75 Å².